The predicted molar refractivity (Wildman–Crippen MR) is 144 cm³/mol. The van der Waals surface area contributed by atoms with Gasteiger partial charge in [-0.2, -0.15) is 8.42 Å². The maximum absolute atomic E-state index is 12.9. The first-order valence-electron chi connectivity index (χ1n) is 12.6. The fourth-order valence-corrected chi connectivity index (χ4v) is 5.28. The molecule has 0 aliphatic heterocycles. The second kappa shape index (κ2) is 19.4. The summed E-state index contributed by atoms with van der Waals surface area (Å²) in [4.78, 5) is 2.94. The average Bonchev–Trinajstić information content (AvgIpc) is 2.77. The van der Waals surface area contributed by atoms with Crippen molar-refractivity contribution in [1.82, 2.24) is 6.15 Å². The van der Waals surface area contributed by atoms with Crippen LogP contribution in [-0.2, 0) is 14.3 Å². The van der Waals surface area contributed by atoms with Gasteiger partial charge >= 0.3 is 0 Å². The zero-order valence-corrected chi connectivity index (χ0v) is 23.5. The van der Waals surface area contributed by atoms with Crippen LogP contribution in [-0.4, -0.2) is 14.5 Å². The van der Waals surface area contributed by atoms with Gasteiger partial charge < -0.3 is 6.15 Å². The van der Waals surface area contributed by atoms with Crippen molar-refractivity contribution in [2.24, 2.45) is 5.92 Å². The van der Waals surface area contributed by atoms with Crippen LogP contribution in [0.25, 0.3) is 0 Å². The molecule has 1 rings (SSSR count). The van der Waals surface area contributed by atoms with E-state index >= 15 is 0 Å². The minimum absolute atomic E-state index is 0. The van der Waals surface area contributed by atoms with Gasteiger partial charge in [-0.15, -0.1) is 0 Å². The molecular formula is C27H46BrNO3S. The fourth-order valence-electron chi connectivity index (χ4n) is 3.99. The monoisotopic (exact) mass is 543 g/mol. The molecule has 0 saturated carbocycles. The Morgan fingerprint density at radius 3 is 1.73 bits per heavy atom. The van der Waals surface area contributed by atoms with Gasteiger partial charge in [0.1, 0.15) is 6.10 Å². The Hall–Kier alpha value is -0.870. The van der Waals surface area contributed by atoms with Crippen LogP contribution in [0.3, 0.4) is 0 Å². The van der Waals surface area contributed by atoms with Gasteiger partial charge in [-0.3, -0.25) is 0 Å². The predicted octanol–water partition coefficient (Wildman–Crippen LogP) is 8.70. The summed E-state index contributed by atoms with van der Waals surface area (Å²) in [5, 5.41) is 0. The molecule has 0 saturated heterocycles. The first-order chi connectivity index (χ1) is 15.4. The molecule has 1 aromatic rings. The summed E-state index contributed by atoms with van der Waals surface area (Å²) < 4.78 is 31.6. The third-order valence-electron chi connectivity index (χ3n) is 6.02. The van der Waals surface area contributed by atoms with Crippen LogP contribution < -0.4 is 6.15 Å². The van der Waals surface area contributed by atoms with Crippen molar-refractivity contribution in [2.45, 2.75) is 122 Å². The Kier molecular flexibility index (Phi) is 18.9. The molecule has 33 heavy (non-hydrogen) atoms. The van der Waals surface area contributed by atoms with Crippen LogP contribution >= 0.6 is 15.9 Å². The largest absolute Gasteiger partial charge is 0.344 e. The smallest absolute Gasteiger partial charge is 0.298 e. The van der Waals surface area contributed by atoms with Gasteiger partial charge in [-0.1, -0.05) is 115 Å². The number of aryl methyl sites for hydroxylation is 1. The molecule has 0 bridgehead atoms. The molecule has 0 aliphatic rings. The maximum atomic E-state index is 12.9. The van der Waals surface area contributed by atoms with Crippen LogP contribution in [0.4, 0.5) is 0 Å². The van der Waals surface area contributed by atoms with E-state index in [0.29, 0.717) is 0 Å². The van der Waals surface area contributed by atoms with Crippen LogP contribution in [0.2, 0.25) is 0 Å². The van der Waals surface area contributed by atoms with Gasteiger partial charge in [0.2, 0.25) is 0 Å². The number of halogens is 1. The molecule has 6 heteroatoms. The number of benzene rings is 1. The average molecular weight is 545 g/mol. The van der Waals surface area contributed by atoms with E-state index in [9.17, 15) is 8.42 Å². The summed E-state index contributed by atoms with van der Waals surface area (Å²) in [6.07, 6.45) is 16.0. The van der Waals surface area contributed by atoms with Gasteiger partial charge in [0.15, 0.2) is 0 Å². The van der Waals surface area contributed by atoms with E-state index in [0.717, 1.165) is 31.2 Å². The van der Waals surface area contributed by atoms with Gasteiger partial charge in [0.25, 0.3) is 10.1 Å². The molecule has 0 spiro atoms. The highest BCUT2D eigenvalue weighted by atomic mass is 79.9. The number of unbranched alkanes of at least 4 members (excludes halogenated alkanes) is 10. The van der Waals surface area contributed by atoms with E-state index in [2.05, 4.69) is 40.5 Å². The molecular weight excluding hydrogens is 498 g/mol. The highest BCUT2D eigenvalue weighted by Gasteiger charge is 2.27. The standard InChI is InChI=1S/C27H43BrO3S.H3N/c1-4-6-8-10-12-14-16-25(17-15-13-11-9-7-5-2)27(22-23-28)31-32(29,30)26-20-18-24(3)19-21-26;/h18-21,25,27H,4-17H2,1-3H3;1H3. The van der Waals surface area contributed by atoms with E-state index in [1.807, 2.05) is 6.92 Å². The Balaban J connectivity index is 0.0000102. The van der Waals surface area contributed by atoms with E-state index in [1.54, 1.807) is 24.3 Å². The molecule has 0 aromatic heterocycles. The molecule has 3 N–H and O–H groups in total. The van der Waals surface area contributed by atoms with Crippen molar-refractivity contribution >= 4 is 26.0 Å². The van der Waals surface area contributed by atoms with Crippen molar-refractivity contribution in [3.05, 3.63) is 29.8 Å². The second-order valence-electron chi connectivity index (χ2n) is 8.90. The molecule has 0 amide bonds. The number of hydrogen-bond donors (Lipinski definition) is 1. The molecule has 0 heterocycles. The molecule has 1 atom stereocenters. The Morgan fingerprint density at radius 1 is 0.818 bits per heavy atom. The minimum Gasteiger partial charge on any atom is -0.344 e. The van der Waals surface area contributed by atoms with Crippen LogP contribution in [0.1, 0.15) is 109 Å². The quantitative estimate of drug-likeness (QED) is 0.114. The SMILES string of the molecule is CCCCCCCCC(CCCCCCCC)C(C#CBr)OS(=O)(=O)c1ccc(C)cc1.N. The molecule has 0 aliphatic carbocycles. The summed E-state index contributed by atoms with van der Waals surface area (Å²) in [5.41, 5.74) is 1.02. The van der Waals surface area contributed by atoms with E-state index < -0.39 is 16.2 Å². The first kappa shape index (κ1) is 32.1. The second-order valence-corrected chi connectivity index (χ2v) is 10.9. The van der Waals surface area contributed by atoms with Crippen LogP contribution in [0.15, 0.2) is 29.2 Å². The van der Waals surface area contributed by atoms with E-state index in [4.69, 9.17) is 4.18 Å². The van der Waals surface area contributed by atoms with Crippen molar-refractivity contribution in [2.75, 3.05) is 0 Å². The van der Waals surface area contributed by atoms with Crippen molar-refractivity contribution < 1.29 is 12.6 Å². The molecule has 4 nitrogen and oxygen atoms in total. The summed E-state index contributed by atoms with van der Waals surface area (Å²) in [7, 11) is -3.85. The zero-order chi connectivity index (χ0) is 23.7. The van der Waals surface area contributed by atoms with Gasteiger partial charge in [0, 0.05) is 15.9 Å². The Morgan fingerprint density at radius 2 is 1.27 bits per heavy atom. The van der Waals surface area contributed by atoms with Crippen molar-refractivity contribution in [1.29, 1.82) is 0 Å². The lowest BCUT2D eigenvalue weighted by atomic mass is 9.90. The molecule has 190 valence electrons. The fraction of sp³-hybridized carbons (Fsp3) is 0.704. The summed E-state index contributed by atoms with van der Waals surface area (Å²) in [6.45, 7) is 6.39. The maximum Gasteiger partial charge on any atom is 0.298 e. The van der Waals surface area contributed by atoms with Gasteiger partial charge in [-0.25, -0.2) is 4.18 Å². The molecule has 0 radical (unpaired) electrons. The summed E-state index contributed by atoms with van der Waals surface area (Å²) in [6, 6.07) is 6.82. The molecule has 1 aromatic carbocycles. The van der Waals surface area contributed by atoms with E-state index in [-0.39, 0.29) is 17.0 Å². The highest BCUT2D eigenvalue weighted by Crippen LogP contribution is 2.27. The Bertz CT molecular complexity index is 753. The Labute approximate surface area is 212 Å². The van der Waals surface area contributed by atoms with Crippen LogP contribution in [0, 0.1) is 23.6 Å². The highest BCUT2D eigenvalue weighted by molar-refractivity contribution is 9.12. The number of rotatable bonds is 18. The van der Waals surface area contributed by atoms with Crippen molar-refractivity contribution in [3.8, 4) is 10.8 Å². The molecule has 0 fully saturated rings. The third-order valence-corrected chi connectivity index (χ3v) is 7.56. The normalized spacial score (nSPS) is 12.2. The summed E-state index contributed by atoms with van der Waals surface area (Å²) in [5.74, 6) is 3.13. The molecule has 1 unspecified atom stereocenters. The first-order valence-corrected chi connectivity index (χ1v) is 14.8. The van der Waals surface area contributed by atoms with Gasteiger partial charge in [-0.05, 0) is 42.6 Å². The zero-order valence-electron chi connectivity index (χ0n) is 21.1. The minimum atomic E-state index is -3.85. The lowest BCUT2D eigenvalue weighted by Crippen LogP contribution is -2.26. The van der Waals surface area contributed by atoms with E-state index in [1.165, 1.54) is 64.2 Å². The third kappa shape index (κ3) is 14.2. The topological polar surface area (TPSA) is 78.4 Å². The summed E-state index contributed by atoms with van der Waals surface area (Å²) >= 11 is 3.18. The van der Waals surface area contributed by atoms with Crippen LogP contribution in [0.5, 0.6) is 0 Å². The lowest BCUT2D eigenvalue weighted by Gasteiger charge is -2.23. The number of hydrogen-bond acceptors (Lipinski definition) is 4. The lowest BCUT2D eigenvalue weighted by molar-refractivity contribution is 0.173. The van der Waals surface area contributed by atoms with Crippen molar-refractivity contribution in [3.63, 3.8) is 0 Å². The van der Waals surface area contributed by atoms with Gasteiger partial charge in [0.05, 0.1) is 4.90 Å².